The summed E-state index contributed by atoms with van der Waals surface area (Å²) in [5, 5.41) is 11.9. The second-order valence-electron chi connectivity index (χ2n) is 8.85. The minimum atomic E-state index is -0.966. The van der Waals surface area contributed by atoms with Crippen molar-refractivity contribution in [2.75, 3.05) is 25.5 Å². The van der Waals surface area contributed by atoms with Gasteiger partial charge in [0.15, 0.2) is 0 Å². The van der Waals surface area contributed by atoms with Crippen molar-refractivity contribution in [1.29, 1.82) is 0 Å². The van der Waals surface area contributed by atoms with Gasteiger partial charge in [0.25, 0.3) is 5.91 Å². The van der Waals surface area contributed by atoms with E-state index in [0.29, 0.717) is 16.8 Å². The number of carbonyl (C=O) groups is 3. The second-order valence-corrected chi connectivity index (χ2v) is 8.85. The van der Waals surface area contributed by atoms with E-state index in [1.54, 1.807) is 39.1 Å². The summed E-state index contributed by atoms with van der Waals surface area (Å²) in [4.78, 5) is 38.1. The second kappa shape index (κ2) is 10.0. The molecule has 0 aliphatic heterocycles. The van der Waals surface area contributed by atoms with E-state index in [9.17, 15) is 14.4 Å². The summed E-state index contributed by atoms with van der Waals surface area (Å²) >= 11 is 0. The molecule has 7 nitrogen and oxygen atoms in total. The Morgan fingerprint density at radius 1 is 0.971 bits per heavy atom. The first-order valence-electron chi connectivity index (χ1n) is 11.5. The third-order valence-corrected chi connectivity index (χ3v) is 6.46. The first-order chi connectivity index (χ1) is 16.8. The van der Waals surface area contributed by atoms with Gasteiger partial charge in [0.2, 0.25) is 0 Å². The lowest BCUT2D eigenvalue weighted by atomic mass is 9.98. The molecule has 0 heterocycles. The van der Waals surface area contributed by atoms with Crippen LogP contribution < -0.4 is 5.32 Å². The highest BCUT2D eigenvalue weighted by molar-refractivity contribution is 5.98. The fraction of sp³-hybridized carbons (Fsp3) is 0.250. The van der Waals surface area contributed by atoms with E-state index in [2.05, 4.69) is 29.6 Å². The number of nitrogens with zero attached hydrogens (tertiary/aromatic N) is 1. The average molecular weight is 473 g/mol. The summed E-state index contributed by atoms with van der Waals surface area (Å²) in [6.45, 7) is 3.56. The number of aliphatic carboxylic acids is 1. The van der Waals surface area contributed by atoms with Gasteiger partial charge in [0.05, 0.1) is 5.92 Å². The molecule has 1 aliphatic rings. The number of amides is 2. The number of nitrogens with one attached hydrogen (secondary N) is 1. The largest absolute Gasteiger partial charge is 0.481 e. The number of carboxylic acid groups (broad SMARTS) is 1. The number of carbonyl (C=O) groups excluding carboxylic acids is 2. The van der Waals surface area contributed by atoms with Crippen LogP contribution >= 0.6 is 0 Å². The quantitative estimate of drug-likeness (QED) is 0.496. The van der Waals surface area contributed by atoms with Crippen molar-refractivity contribution in [3.05, 3.63) is 89.0 Å². The Labute approximate surface area is 204 Å². The van der Waals surface area contributed by atoms with Gasteiger partial charge in [0.1, 0.15) is 6.61 Å². The molecule has 0 saturated heterocycles. The Bertz CT molecular complexity index is 1240. The van der Waals surface area contributed by atoms with E-state index >= 15 is 0 Å². The highest BCUT2D eigenvalue weighted by atomic mass is 16.5. The van der Waals surface area contributed by atoms with E-state index in [4.69, 9.17) is 9.84 Å². The molecule has 4 rings (SSSR count). The van der Waals surface area contributed by atoms with Gasteiger partial charge < -0.3 is 14.7 Å². The zero-order chi connectivity index (χ0) is 25.1. The predicted octanol–water partition coefficient (Wildman–Crippen LogP) is 5.15. The summed E-state index contributed by atoms with van der Waals surface area (Å²) in [7, 11) is 1.56. The van der Waals surface area contributed by atoms with Gasteiger partial charge in [-0.3, -0.25) is 14.9 Å². The van der Waals surface area contributed by atoms with Gasteiger partial charge in [-0.15, -0.1) is 0 Å². The minimum absolute atomic E-state index is 0.0490. The Morgan fingerprint density at radius 3 is 2.17 bits per heavy atom. The van der Waals surface area contributed by atoms with E-state index in [0.717, 1.165) is 22.3 Å². The van der Waals surface area contributed by atoms with Gasteiger partial charge in [0, 0.05) is 30.8 Å². The Balaban J connectivity index is 1.44. The van der Waals surface area contributed by atoms with Crippen molar-refractivity contribution in [2.24, 2.45) is 5.92 Å². The number of ether oxygens (including phenoxy) is 1. The lowest BCUT2D eigenvalue weighted by molar-refractivity contribution is -0.141. The van der Waals surface area contributed by atoms with Gasteiger partial charge in [-0.25, -0.2) is 4.79 Å². The van der Waals surface area contributed by atoms with Crippen molar-refractivity contribution in [1.82, 2.24) is 4.90 Å². The van der Waals surface area contributed by atoms with Crippen LogP contribution in [0.15, 0.2) is 66.7 Å². The molecule has 1 unspecified atom stereocenters. The molecule has 3 aromatic rings. The van der Waals surface area contributed by atoms with Crippen molar-refractivity contribution < 1.29 is 24.2 Å². The van der Waals surface area contributed by atoms with Crippen LogP contribution in [-0.4, -0.2) is 48.2 Å². The van der Waals surface area contributed by atoms with E-state index < -0.39 is 18.0 Å². The van der Waals surface area contributed by atoms with Crippen LogP contribution in [0.2, 0.25) is 0 Å². The molecule has 0 aromatic heterocycles. The van der Waals surface area contributed by atoms with Crippen molar-refractivity contribution >= 4 is 23.7 Å². The smallest absolute Gasteiger partial charge is 0.411 e. The number of hydrogen-bond donors (Lipinski definition) is 2. The van der Waals surface area contributed by atoms with Crippen LogP contribution in [0.5, 0.6) is 0 Å². The van der Waals surface area contributed by atoms with Gasteiger partial charge in [-0.1, -0.05) is 61.5 Å². The minimum Gasteiger partial charge on any atom is -0.481 e. The van der Waals surface area contributed by atoms with E-state index in [-0.39, 0.29) is 25.0 Å². The molecule has 2 amide bonds. The number of benzene rings is 3. The van der Waals surface area contributed by atoms with Gasteiger partial charge in [-0.05, 0) is 46.9 Å². The SMILES string of the molecule is Cc1c(NC(=O)OCC2c3ccccc3-c3ccccc32)cccc1C(=O)N(C)CC(C)C(=O)O. The zero-order valence-corrected chi connectivity index (χ0v) is 19.9. The molecule has 1 atom stereocenters. The van der Waals surface area contributed by atoms with Crippen LogP contribution in [0.4, 0.5) is 10.5 Å². The Kier molecular flexibility index (Phi) is 6.87. The maximum Gasteiger partial charge on any atom is 0.411 e. The molecule has 180 valence electrons. The normalized spacial score (nSPS) is 12.9. The molecular weight excluding hydrogens is 444 g/mol. The Hall–Kier alpha value is -4.13. The highest BCUT2D eigenvalue weighted by Crippen LogP contribution is 2.44. The molecule has 0 spiro atoms. The van der Waals surface area contributed by atoms with Gasteiger partial charge >= 0.3 is 12.1 Å². The standard InChI is InChI=1S/C28H28N2O5/c1-17(27(32)33)15-30(3)26(31)19-13-8-14-25(18(19)2)29-28(34)35-16-24-22-11-6-4-9-20(22)21-10-5-7-12-23(21)24/h4-14,17,24H,15-16H2,1-3H3,(H,29,34)(H,32,33). The fourth-order valence-corrected chi connectivity index (χ4v) is 4.52. The summed E-state index contributed by atoms with van der Waals surface area (Å²) in [5.41, 5.74) is 6.00. The molecule has 3 aromatic carbocycles. The molecule has 35 heavy (non-hydrogen) atoms. The Morgan fingerprint density at radius 2 is 1.57 bits per heavy atom. The monoisotopic (exact) mass is 472 g/mol. The third kappa shape index (κ3) is 4.89. The third-order valence-electron chi connectivity index (χ3n) is 6.46. The van der Waals surface area contributed by atoms with E-state index in [1.165, 1.54) is 4.90 Å². The molecule has 7 heteroatoms. The number of anilines is 1. The van der Waals surface area contributed by atoms with Crippen LogP contribution in [0.3, 0.4) is 0 Å². The zero-order valence-electron chi connectivity index (χ0n) is 19.9. The number of hydrogen-bond acceptors (Lipinski definition) is 4. The van der Waals surface area contributed by atoms with Crippen molar-refractivity contribution in [3.63, 3.8) is 0 Å². The van der Waals surface area contributed by atoms with Crippen molar-refractivity contribution in [2.45, 2.75) is 19.8 Å². The molecule has 0 saturated carbocycles. The molecule has 2 N–H and O–H groups in total. The fourth-order valence-electron chi connectivity index (χ4n) is 4.52. The van der Waals surface area contributed by atoms with Crippen LogP contribution in [0.1, 0.15) is 39.9 Å². The van der Waals surface area contributed by atoms with Crippen LogP contribution in [0, 0.1) is 12.8 Å². The van der Waals surface area contributed by atoms with Crippen molar-refractivity contribution in [3.8, 4) is 11.1 Å². The average Bonchev–Trinajstić information content (AvgIpc) is 3.17. The van der Waals surface area contributed by atoms with Crippen LogP contribution in [0.25, 0.3) is 11.1 Å². The highest BCUT2D eigenvalue weighted by Gasteiger charge is 2.29. The first kappa shape index (κ1) is 24.0. The number of fused-ring (bicyclic) bond motifs is 3. The summed E-state index contributed by atoms with van der Waals surface area (Å²) < 4.78 is 5.61. The summed E-state index contributed by atoms with van der Waals surface area (Å²) in [6, 6.07) is 21.3. The molecular formula is C28H28N2O5. The predicted molar refractivity (Wildman–Crippen MR) is 134 cm³/mol. The summed E-state index contributed by atoms with van der Waals surface area (Å²) in [6.07, 6.45) is -0.604. The number of carboxylic acids is 1. The lowest BCUT2D eigenvalue weighted by Gasteiger charge is -2.21. The molecule has 1 aliphatic carbocycles. The molecule has 0 bridgehead atoms. The maximum absolute atomic E-state index is 12.9. The topological polar surface area (TPSA) is 95.9 Å². The number of rotatable bonds is 7. The first-order valence-corrected chi connectivity index (χ1v) is 11.5. The summed E-state index contributed by atoms with van der Waals surface area (Å²) in [5.74, 6) is -2.02. The van der Waals surface area contributed by atoms with E-state index in [1.807, 2.05) is 24.3 Å². The molecule has 0 fully saturated rings. The lowest BCUT2D eigenvalue weighted by Crippen LogP contribution is -2.34. The van der Waals surface area contributed by atoms with Gasteiger partial charge in [-0.2, -0.15) is 0 Å². The van der Waals surface area contributed by atoms with Crippen LogP contribution in [-0.2, 0) is 9.53 Å². The maximum atomic E-state index is 12.9. The molecule has 0 radical (unpaired) electrons.